The Bertz CT molecular complexity index is 468. The lowest BCUT2D eigenvalue weighted by Crippen LogP contribution is -2.65. The number of carbonyl (C=O) groups excluding carboxylic acids is 3. The van der Waals surface area contributed by atoms with Crippen LogP contribution in [0.25, 0.3) is 0 Å². The molecule has 1 heterocycles. The van der Waals surface area contributed by atoms with Crippen LogP contribution >= 0.6 is 0 Å². The summed E-state index contributed by atoms with van der Waals surface area (Å²) in [5.41, 5.74) is 0. The molecule has 0 aromatic rings. The Morgan fingerprint density at radius 2 is 1.60 bits per heavy atom. The van der Waals surface area contributed by atoms with Gasteiger partial charge in [-0.3, -0.25) is 14.4 Å². The Hall–Kier alpha value is -1.67. The van der Waals surface area contributed by atoms with Crippen molar-refractivity contribution in [3.8, 4) is 0 Å². The summed E-state index contributed by atoms with van der Waals surface area (Å²) in [5, 5.41) is 2.69. The Labute approximate surface area is 148 Å². The van der Waals surface area contributed by atoms with Gasteiger partial charge in [-0.1, -0.05) is 19.8 Å². The van der Waals surface area contributed by atoms with Crippen LogP contribution in [0.5, 0.6) is 0 Å². The maximum absolute atomic E-state index is 11.6. The average molecular weight is 359 g/mol. The summed E-state index contributed by atoms with van der Waals surface area (Å²) in [6, 6.07) is -0.774. The van der Waals surface area contributed by atoms with Gasteiger partial charge < -0.3 is 24.3 Å². The zero-order chi connectivity index (χ0) is 19.0. The molecule has 0 aromatic heterocycles. The summed E-state index contributed by atoms with van der Waals surface area (Å²) >= 11 is 0. The molecule has 5 atom stereocenters. The Morgan fingerprint density at radius 1 is 1.00 bits per heavy atom. The number of esters is 2. The first-order valence-electron chi connectivity index (χ1n) is 8.64. The highest BCUT2D eigenvalue weighted by molar-refractivity contribution is 5.73. The molecule has 1 fully saturated rings. The Balaban J connectivity index is 2.99. The number of amides is 1. The van der Waals surface area contributed by atoms with Crippen molar-refractivity contribution in [2.45, 2.75) is 84.5 Å². The van der Waals surface area contributed by atoms with Crippen LogP contribution < -0.4 is 5.32 Å². The molecule has 0 radical (unpaired) electrons. The van der Waals surface area contributed by atoms with Gasteiger partial charge in [-0.15, -0.1) is 0 Å². The van der Waals surface area contributed by atoms with E-state index in [0.717, 1.165) is 19.3 Å². The van der Waals surface area contributed by atoms with Crippen LogP contribution in [0.1, 0.15) is 53.9 Å². The summed E-state index contributed by atoms with van der Waals surface area (Å²) in [7, 11) is 0. The maximum atomic E-state index is 11.6. The number of hydrogen-bond acceptors (Lipinski definition) is 7. The van der Waals surface area contributed by atoms with Crippen molar-refractivity contribution >= 4 is 17.8 Å². The number of unbranched alkanes of at least 4 members (excludes halogenated alkanes) is 2. The molecule has 1 saturated heterocycles. The summed E-state index contributed by atoms with van der Waals surface area (Å²) < 4.78 is 22.2. The van der Waals surface area contributed by atoms with E-state index in [2.05, 4.69) is 12.2 Å². The molecule has 1 N–H and O–H groups in total. The zero-order valence-corrected chi connectivity index (χ0v) is 15.6. The molecule has 0 saturated carbocycles. The van der Waals surface area contributed by atoms with Gasteiger partial charge in [0.1, 0.15) is 6.04 Å². The van der Waals surface area contributed by atoms with Crippen molar-refractivity contribution in [1.29, 1.82) is 0 Å². The molecule has 1 aliphatic rings. The lowest BCUT2D eigenvalue weighted by atomic mass is 9.96. The predicted molar refractivity (Wildman–Crippen MR) is 88.5 cm³/mol. The number of hydrogen-bond donors (Lipinski definition) is 1. The first-order valence-corrected chi connectivity index (χ1v) is 8.64. The Morgan fingerprint density at radius 3 is 2.12 bits per heavy atom. The summed E-state index contributed by atoms with van der Waals surface area (Å²) in [6.45, 7) is 8.10. The summed E-state index contributed by atoms with van der Waals surface area (Å²) in [4.78, 5) is 34.5. The minimum absolute atomic E-state index is 0.330. The molecule has 0 bridgehead atoms. The second-order valence-corrected chi connectivity index (χ2v) is 6.16. The van der Waals surface area contributed by atoms with E-state index >= 15 is 0 Å². The third kappa shape index (κ3) is 6.99. The van der Waals surface area contributed by atoms with Crippen LogP contribution in [-0.2, 0) is 33.3 Å². The molecule has 8 heteroatoms. The fraction of sp³-hybridized carbons (Fsp3) is 0.824. The first kappa shape index (κ1) is 21.4. The van der Waals surface area contributed by atoms with E-state index in [1.807, 2.05) is 0 Å². The van der Waals surface area contributed by atoms with Crippen LogP contribution in [0, 0.1) is 0 Å². The van der Waals surface area contributed by atoms with Gasteiger partial charge in [0.2, 0.25) is 5.91 Å². The fourth-order valence-electron chi connectivity index (χ4n) is 2.77. The van der Waals surface area contributed by atoms with Crippen molar-refractivity contribution in [2.75, 3.05) is 6.61 Å². The average Bonchev–Trinajstić information content (AvgIpc) is 2.49. The van der Waals surface area contributed by atoms with E-state index in [4.69, 9.17) is 18.9 Å². The molecule has 0 aliphatic carbocycles. The zero-order valence-electron chi connectivity index (χ0n) is 15.6. The normalized spacial score (nSPS) is 28.9. The fourth-order valence-corrected chi connectivity index (χ4v) is 2.77. The van der Waals surface area contributed by atoms with Crippen LogP contribution in [-0.4, -0.2) is 55.1 Å². The molecule has 0 spiro atoms. The summed E-state index contributed by atoms with van der Waals surface area (Å²) in [5.74, 6) is -1.40. The highest BCUT2D eigenvalue weighted by Crippen LogP contribution is 2.27. The molecule has 1 amide bonds. The minimum Gasteiger partial charge on any atom is -0.456 e. The highest BCUT2D eigenvalue weighted by atomic mass is 16.7. The third-order valence-electron chi connectivity index (χ3n) is 3.79. The van der Waals surface area contributed by atoms with E-state index in [-0.39, 0.29) is 5.91 Å². The largest absolute Gasteiger partial charge is 0.456 e. The number of ether oxygens (including phenoxy) is 4. The quantitative estimate of drug-likeness (QED) is 0.515. The standard InChI is InChI=1S/C17H29NO7/c1-6-7-8-9-22-17-14(18-11(3)19)16(25-13(5)21)15(10(2)23-17)24-12(4)20/h10,14-17H,6-9H2,1-5H3,(H,18,19). The van der Waals surface area contributed by atoms with Gasteiger partial charge >= 0.3 is 11.9 Å². The lowest BCUT2D eigenvalue weighted by Gasteiger charge is -2.44. The number of carbonyl (C=O) groups is 3. The van der Waals surface area contributed by atoms with Gasteiger partial charge in [0.05, 0.1) is 6.10 Å². The first-order chi connectivity index (χ1) is 11.8. The van der Waals surface area contributed by atoms with E-state index in [1.54, 1.807) is 6.92 Å². The molecule has 25 heavy (non-hydrogen) atoms. The smallest absolute Gasteiger partial charge is 0.303 e. The predicted octanol–water partition coefficient (Wildman–Crippen LogP) is 1.31. The van der Waals surface area contributed by atoms with Crippen molar-refractivity contribution in [3.63, 3.8) is 0 Å². The van der Waals surface area contributed by atoms with Crippen molar-refractivity contribution in [3.05, 3.63) is 0 Å². The maximum Gasteiger partial charge on any atom is 0.303 e. The molecule has 1 aliphatic heterocycles. The van der Waals surface area contributed by atoms with Crippen molar-refractivity contribution in [2.24, 2.45) is 0 Å². The molecule has 1 rings (SSSR count). The second-order valence-electron chi connectivity index (χ2n) is 6.16. The van der Waals surface area contributed by atoms with Gasteiger partial charge in [0.15, 0.2) is 18.5 Å². The van der Waals surface area contributed by atoms with E-state index in [9.17, 15) is 14.4 Å². The van der Waals surface area contributed by atoms with Crippen LogP contribution in [0.2, 0.25) is 0 Å². The van der Waals surface area contributed by atoms with E-state index < -0.39 is 42.6 Å². The third-order valence-corrected chi connectivity index (χ3v) is 3.79. The van der Waals surface area contributed by atoms with Gasteiger partial charge in [0.25, 0.3) is 0 Å². The van der Waals surface area contributed by atoms with Gasteiger partial charge in [0, 0.05) is 27.4 Å². The van der Waals surface area contributed by atoms with Crippen LogP contribution in [0.15, 0.2) is 0 Å². The number of rotatable bonds is 8. The van der Waals surface area contributed by atoms with E-state index in [0.29, 0.717) is 6.61 Å². The van der Waals surface area contributed by atoms with E-state index in [1.165, 1.54) is 20.8 Å². The Kier molecular flexibility index (Phi) is 8.85. The molecule has 144 valence electrons. The molecule has 0 aromatic carbocycles. The SMILES string of the molecule is CCCCCOC1OC(C)C(OC(C)=O)C(OC(C)=O)C1NC(C)=O. The van der Waals surface area contributed by atoms with Crippen molar-refractivity contribution < 1.29 is 33.3 Å². The molecular formula is C17H29NO7. The topological polar surface area (TPSA) is 100 Å². The highest BCUT2D eigenvalue weighted by Gasteiger charge is 2.49. The number of nitrogens with one attached hydrogen (secondary N) is 1. The van der Waals surface area contributed by atoms with Crippen LogP contribution in [0.4, 0.5) is 0 Å². The molecule has 8 nitrogen and oxygen atoms in total. The van der Waals surface area contributed by atoms with Crippen LogP contribution in [0.3, 0.4) is 0 Å². The second kappa shape index (κ2) is 10.4. The van der Waals surface area contributed by atoms with Gasteiger partial charge in [-0.2, -0.15) is 0 Å². The van der Waals surface area contributed by atoms with Gasteiger partial charge in [-0.05, 0) is 13.3 Å². The lowest BCUT2D eigenvalue weighted by molar-refractivity contribution is -0.268. The summed E-state index contributed by atoms with van der Waals surface area (Å²) in [6.07, 6.45) is -0.190. The molecule has 5 unspecified atom stereocenters. The van der Waals surface area contributed by atoms with Crippen molar-refractivity contribution in [1.82, 2.24) is 5.32 Å². The minimum atomic E-state index is -0.898. The van der Waals surface area contributed by atoms with Gasteiger partial charge in [-0.25, -0.2) is 0 Å². The monoisotopic (exact) mass is 359 g/mol. The molecular weight excluding hydrogens is 330 g/mol.